The summed E-state index contributed by atoms with van der Waals surface area (Å²) in [4.78, 5) is 16.3. The number of ether oxygens (including phenoxy) is 3. The van der Waals surface area contributed by atoms with Crippen molar-refractivity contribution in [2.45, 2.75) is 6.54 Å². The van der Waals surface area contributed by atoms with E-state index in [1.54, 1.807) is 24.4 Å². The van der Waals surface area contributed by atoms with Crippen LogP contribution in [0.2, 0.25) is 0 Å². The van der Waals surface area contributed by atoms with Gasteiger partial charge >= 0.3 is 0 Å². The summed E-state index contributed by atoms with van der Waals surface area (Å²) >= 11 is 0. The molecule has 1 amide bonds. The third-order valence-electron chi connectivity index (χ3n) is 4.30. The zero-order valence-electron chi connectivity index (χ0n) is 16.0. The normalized spacial score (nSPS) is 12.6. The first kappa shape index (κ1) is 19.4. The van der Waals surface area contributed by atoms with E-state index in [1.165, 1.54) is 30.3 Å². The molecule has 0 saturated heterocycles. The van der Waals surface area contributed by atoms with Crippen LogP contribution in [-0.4, -0.2) is 24.1 Å². The second-order valence-electron chi connectivity index (χ2n) is 6.51. The van der Waals surface area contributed by atoms with Crippen molar-refractivity contribution in [3.05, 3.63) is 83.8 Å². The van der Waals surface area contributed by atoms with Crippen LogP contribution < -0.4 is 19.5 Å². The number of halogens is 1. The molecule has 0 aliphatic carbocycles. The summed E-state index contributed by atoms with van der Waals surface area (Å²) in [6, 6.07) is 14.7. The smallest absolute Gasteiger partial charge is 0.244 e. The van der Waals surface area contributed by atoms with Crippen LogP contribution in [0, 0.1) is 5.82 Å². The molecule has 1 aliphatic rings. The predicted octanol–water partition coefficient (Wildman–Crippen LogP) is 4.11. The maximum absolute atomic E-state index is 13.0. The fraction of sp³-hybridized carbons (Fsp3) is 0.130. The third-order valence-corrected chi connectivity index (χ3v) is 4.30. The number of pyridine rings is 1. The van der Waals surface area contributed by atoms with E-state index in [0.29, 0.717) is 42.9 Å². The van der Waals surface area contributed by atoms with Crippen molar-refractivity contribution in [3.8, 4) is 23.1 Å². The molecule has 0 spiro atoms. The maximum atomic E-state index is 13.0. The fourth-order valence-electron chi connectivity index (χ4n) is 2.82. The van der Waals surface area contributed by atoms with E-state index in [-0.39, 0.29) is 11.7 Å². The first-order valence-electron chi connectivity index (χ1n) is 9.40. The largest absolute Gasteiger partial charge is 0.486 e. The minimum absolute atomic E-state index is 0.234. The van der Waals surface area contributed by atoms with E-state index < -0.39 is 0 Å². The van der Waals surface area contributed by atoms with Crippen LogP contribution in [0.15, 0.2) is 66.9 Å². The zero-order valence-corrected chi connectivity index (χ0v) is 16.0. The summed E-state index contributed by atoms with van der Waals surface area (Å²) in [6.45, 7) is 1.36. The topological polar surface area (TPSA) is 69.7 Å². The van der Waals surface area contributed by atoms with Gasteiger partial charge < -0.3 is 19.5 Å². The Hall–Kier alpha value is -3.87. The number of hydrogen-bond acceptors (Lipinski definition) is 5. The number of fused-ring (bicyclic) bond motifs is 1. The Balaban J connectivity index is 1.32. The first-order chi connectivity index (χ1) is 14.7. The number of nitrogens with one attached hydrogen (secondary N) is 1. The number of hydrogen-bond donors (Lipinski definition) is 1. The second kappa shape index (κ2) is 9.09. The highest BCUT2D eigenvalue weighted by molar-refractivity contribution is 5.91. The van der Waals surface area contributed by atoms with Crippen LogP contribution >= 0.6 is 0 Å². The van der Waals surface area contributed by atoms with E-state index in [4.69, 9.17) is 14.2 Å². The molecule has 1 N–H and O–H groups in total. The van der Waals surface area contributed by atoms with Crippen molar-refractivity contribution < 1.29 is 23.4 Å². The van der Waals surface area contributed by atoms with E-state index in [2.05, 4.69) is 10.3 Å². The van der Waals surface area contributed by atoms with Crippen LogP contribution in [0.25, 0.3) is 6.08 Å². The number of rotatable bonds is 6. The number of aromatic nitrogens is 1. The van der Waals surface area contributed by atoms with Crippen molar-refractivity contribution in [1.82, 2.24) is 10.3 Å². The molecule has 152 valence electrons. The summed E-state index contributed by atoms with van der Waals surface area (Å²) in [6.07, 6.45) is 4.76. The van der Waals surface area contributed by atoms with Gasteiger partial charge in [0, 0.05) is 24.9 Å². The quantitative estimate of drug-likeness (QED) is 0.624. The number of nitrogens with zero attached hydrogens (tertiary/aromatic N) is 1. The Morgan fingerprint density at radius 3 is 2.70 bits per heavy atom. The highest BCUT2D eigenvalue weighted by Crippen LogP contribution is 2.31. The molecule has 2 heterocycles. The lowest BCUT2D eigenvalue weighted by atomic mass is 10.2. The number of amides is 1. The van der Waals surface area contributed by atoms with Crippen LogP contribution in [0.5, 0.6) is 23.1 Å². The highest BCUT2D eigenvalue weighted by Gasteiger charge is 2.10. The summed E-state index contributed by atoms with van der Waals surface area (Å²) in [5.41, 5.74) is 1.66. The van der Waals surface area contributed by atoms with Crippen LogP contribution in [0.3, 0.4) is 0 Å². The SMILES string of the molecule is O=C(/C=C/c1ccc2c(c1)OCCO2)NCc1ccnc(Oc2ccc(F)cc2)c1. The molecule has 1 aromatic heterocycles. The Morgan fingerprint density at radius 1 is 1.07 bits per heavy atom. The number of benzene rings is 2. The van der Waals surface area contributed by atoms with Crippen molar-refractivity contribution >= 4 is 12.0 Å². The van der Waals surface area contributed by atoms with Gasteiger partial charge in [-0.3, -0.25) is 4.79 Å². The van der Waals surface area contributed by atoms with Gasteiger partial charge in [-0.15, -0.1) is 0 Å². The van der Waals surface area contributed by atoms with Gasteiger partial charge in [-0.05, 0) is 59.7 Å². The molecule has 0 unspecified atom stereocenters. The standard InChI is InChI=1S/C23H19FN2O4/c24-18-3-5-19(6-4-18)30-23-14-17(9-10-25-23)15-26-22(27)8-2-16-1-7-20-21(13-16)29-12-11-28-20/h1-10,13-14H,11-12,15H2,(H,26,27)/b8-2+. The molecule has 4 rings (SSSR count). The van der Waals surface area contributed by atoms with Crippen LogP contribution in [-0.2, 0) is 11.3 Å². The highest BCUT2D eigenvalue weighted by atomic mass is 19.1. The van der Waals surface area contributed by atoms with E-state index in [0.717, 1.165) is 11.1 Å². The lowest BCUT2D eigenvalue weighted by Gasteiger charge is -2.18. The summed E-state index contributed by atoms with van der Waals surface area (Å²) in [7, 11) is 0. The molecule has 1 aliphatic heterocycles. The van der Waals surface area contributed by atoms with Gasteiger partial charge in [-0.1, -0.05) is 6.07 Å². The molecular weight excluding hydrogens is 387 g/mol. The summed E-state index contributed by atoms with van der Waals surface area (Å²) < 4.78 is 29.6. The van der Waals surface area contributed by atoms with E-state index >= 15 is 0 Å². The van der Waals surface area contributed by atoms with Gasteiger partial charge in [-0.25, -0.2) is 9.37 Å². The second-order valence-corrected chi connectivity index (χ2v) is 6.51. The molecule has 0 radical (unpaired) electrons. The number of carbonyl (C=O) groups excluding carboxylic acids is 1. The van der Waals surface area contributed by atoms with Crippen LogP contribution in [0.4, 0.5) is 4.39 Å². The lowest BCUT2D eigenvalue weighted by Crippen LogP contribution is -2.20. The zero-order chi connectivity index (χ0) is 20.8. The van der Waals surface area contributed by atoms with Crippen molar-refractivity contribution in [3.63, 3.8) is 0 Å². The minimum Gasteiger partial charge on any atom is -0.486 e. The van der Waals surface area contributed by atoms with Gasteiger partial charge in [0.1, 0.15) is 24.8 Å². The van der Waals surface area contributed by atoms with Gasteiger partial charge in [0.2, 0.25) is 11.8 Å². The maximum Gasteiger partial charge on any atom is 0.244 e. The summed E-state index contributed by atoms with van der Waals surface area (Å²) in [5, 5.41) is 2.82. The Labute approximate surface area is 172 Å². The molecule has 6 nitrogen and oxygen atoms in total. The molecule has 30 heavy (non-hydrogen) atoms. The molecular formula is C23H19FN2O4. The molecule has 3 aromatic rings. The van der Waals surface area contributed by atoms with Gasteiger partial charge in [0.05, 0.1) is 0 Å². The molecule has 0 atom stereocenters. The molecule has 2 aromatic carbocycles. The average molecular weight is 406 g/mol. The van der Waals surface area contributed by atoms with Crippen LogP contribution in [0.1, 0.15) is 11.1 Å². The molecule has 0 fully saturated rings. The van der Waals surface area contributed by atoms with Gasteiger partial charge in [0.15, 0.2) is 11.5 Å². The van der Waals surface area contributed by atoms with Gasteiger partial charge in [0.25, 0.3) is 0 Å². The predicted molar refractivity (Wildman–Crippen MR) is 109 cm³/mol. The fourth-order valence-corrected chi connectivity index (χ4v) is 2.82. The number of carbonyl (C=O) groups is 1. The molecule has 7 heteroatoms. The van der Waals surface area contributed by atoms with E-state index in [9.17, 15) is 9.18 Å². The first-order valence-corrected chi connectivity index (χ1v) is 9.40. The van der Waals surface area contributed by atoms with Gasteiger partial charge in [-0.2, -0.15) is 0 Å². The average Bonchev–Trinajstić information content (AvgIpc) is 2.78. The summed E-state index contributed by atoms with van der Waals surface area (Å²) in [5.74, 6) is 1.65. The van der Waals surface area contributed by atoms with Crippen molar-refractivity contribution in [2.24, 2.45) is 0 Å². The van der Waals surface area contributed by atoms with E-state index in [1.807, 2.05) is 18.2 Å². The minimum atomic E-state index is -0.337. The van der Waals surface area contributed by atoms with Crippen molar-refractivity contribution in [2.75, 3.05) is 13.2 Å². The monoisotopic (exact) mass is 406 g/mol. The molecule has 0 bridgehead atoms. The third kappa shape index (κ3) is 5.14. The Kier molecular flexibility index (Phi) is 5.89. The molecule has 0 saturated carbocycles. The lowest BCUT2D eigenvalue weighted by molar-refractivity contribution is -0.116. The van der Waals surface area contributed by atoms with Crippen molar-refractivity contribution in [1.29, 1.82) is 0 Å². The Morgan fingerprint density at radius 2 is 1.87 bits per heavy atom. The Bertz CT molecular complexity index is 1070.